The van der Waals surface area contributed by atoms with Gasteiger partial charge in [-0.25, -0.2) is 0 Å². The quantitative estimate of drug-likeness (QED) is 0.672. The van der Waals surface area contributed by atoms with Crippen molar-refractivity contribution in [3.63, 3.8) is 0 Å². The van der Waals surface area contributed by atoms with Gasteiger partial charge in [-0.3, -0.25) is 0 Å². The van der Waals surface area contributed by atoms with E-state index in [0.717, 1.165) is 17.8 Å². The molecule has 16 heavy (non-hydrogen) atoms. The summed E-state index contributed by atoms with van der Waals surface area (Å²) in [5.41, 5.74) is 3.40. The minimum atomic E-state index is 0.435. The Morgan fingerprint density at radius 1 is 1.19 bits per heavy atom. The third-order valence-electron chi connectivity index (χ3n) is 2.52. The molecule has 0 heterocycles. The van der Waals surface area contributed by atoms with E-state index in [1.165, 1.54) is 5.56 Å². The molecule has 0 amide bonds. The van der Waals surface area contributed by atoms with E-state index in [1.807, 2.05) is 25.1 Å². The van der Waals surface area contributed by atoms with E-state index in [9.17, 15) is 0 Å². The summed E-state index contributed by atoms with van der Waals surface area (Å²) in [6, 6.07) is 10.7. The summed E-state index contributed by atoms with van der Waals surface area (Å²) in [7, 11) is 0. The lowest BCUT2D eigenvalue weighted by Crippen LogP contribution is -2.30. The van der Waals surface area contributed by atoms with Crippen molar-refractivity contribution in [1.29, 1.82) is 0 Å². The number of nitrogens with zero attached hydrogens (tertiary/aromatic N) is 1. The first-order valence-corrected chi connectivity index (χ1v) is 5.67. The molecule has 86 valence electrons. The molecule has 1 aromatic rings. The van der Waals surface area contributed by atoms with Crippen LogP contribution in [0.15, 0.2) is 49.1 Å². The summed E-state index contributed by atoms with van der Waals surface area (Å²) in [6.07, 6.45) is 0. The topological polar surface area (TPSA) is 3.24 Å². The molecular weight excluding hydrogens is 194 g/mol. The average molecular weight is 215 g/mol. The Labute approximate surface area is 99.1 Å². The van der Waals surface area contributed by atoms with Gasteiger partial charge in [-0.1, -0.05) is 49.1 Å². The van der Waals surface area contributed by atoms with Crippen LogP contribution in [0, 0.1) is 0 Å². The molecule has 0 fully saturated rings. The largest absolute Gasteiger partial charge is 0.365 e. The van der Waals surface area contributed by atoms with Crippen LogP contribution in [-0.4, -0.2) is 17.5 Å². The zero-order chi connectivity index (χ0) is 12.1. The van der Waals surface area contributed by atoms with E-state index >= 15 is 0 Å². The Bertz CT molecular complexity index is 362. The summed E-state index contributed by atoms with van der Waals surface area (Å²) in [5.74, 6) is 0. The molecule has 0 aliphatic heterocycles. The fraction of sp³-hybridized carbons (Fsp3) is 0.333. The number of hydrogen-bond acceptors (Lipinski definition) is 1. The molecule has 0 aromatic heterocycles. The highest BCUT2D eigenvalue weighted by molar-refractivity contribution is 5.62. The van der Waals surface area contributed by atoms with Crippen LogP contribution in [0.4, 0.5) is 0 Å². The highest BCUT2D eigenvalue weighted by Gasteiger charge is 2.12. The maximum absolute atomic E-state index is 4.18. The van der Waals surface area contributed by atoms with E-state index in [-0.39, 0.29) is 0 Å². The summed E-state index contributed by atoms with van der Waals surface area (Å²) < 4.78 is 0. The van der Waals surface area contributed by atoms with Crippen molar-refractivity contribution in [2.75, 3.05) is 6.54 Å². The van der Waals surface area contributed by atoms with Gasteiger partial charge < -0.3 is 4.90 Å². The van der Waals surface area contributed by atoms with Crippen LogP contribution in [0.5, 0.6) is 0 Å². The fourth-order valence-electron chi connectivity index (χ4n) is 1.68. The summed E-state index contributed by atoms with van der Waals surface area (Å²) in [6.45, 7) is 15.4. The van der Waals surface area contributed by atoms with Crippen molar-refractivity contribution in [2.24, 2.45) is 0 Å². The van der Waals surface area contributed by atoms with Gasteiger partial charge in [0.05, 0.1) is 0 Å². The first-order valence-electron chi connectivity index (χ1n) is 5.67. The van der Waals surface area contributed by atoms with Gasteiger partial charge in [0.15, 0.2) is 0 Å². The van der Waals surface area contributed by atoms with Gasteiger partial charge in [-0.2, -0.15) is 0 Å². The van der Waals surface area contributed by atoms with Crippen LogP contribution in [-0.2, 0) is 0 Å². The van der Waals surface area contributed by atoms with Crippen LogP contribution < -0.4 is 0 Å². The standard InChI is InChI=1S/C15H21N/c1-12(2)11-16(13(3)4)14(5)15-9-7-6-8-10-15/h6-10,13H,1,5,11H2,2-4H3. The first kappa shape index (κ1) is 12.6. The molecule has 0 spiro atoms. The third-order valence-corrected chi connectivity index (χ3v) is 2.52. The number of hydrogen-bond donors (Lipinski definition) is 0. The maximum Gasteiger partial charge on any atom is 0.0386 e. The second-order valence-electron chi connectivity index (χ2n) is 4.49. The summed E-state index contributed by atoms with van der Waals surface area (Å²) >= 11 is 0. The Morgan fingerprint density at radius 2 is 1.75 bits per heavy atom. The van der Waals surface area contributed by atoms with Gasteiger partial charge in [-0.05, 0) is 26.3 Å². The van der Waals surface area contributed by atoms with E-state index in [2.05, 4.69) is 44.0 Å². The monoisotopic (exact) mass is 215 g/mol. The Kier molecular flexibility index (Phi) is 4.36. The number of rotatable bonds is 5. The van der Waals surface area contributed by atoms with E-state index in [4.69, 9.17) is 0 Å². The Morgan fingerprint density at radius 3 is 2.19 bits per heavy atom. The Hall–Kier alpha value is -1.50. The lowest BCUT2D eigenvalue weighted by Gasteiger charge is -2.31. The van der Waals surface area contributed by atoms with Crippen LogP contribution in [0.1, 0.15) is 26.3 Å². The zero-order valence-corrected chi connectivity index (χ0v) is 10.5. The zero-order valence-electron chi connectivity index (χ0n) is 10.5. The maximum atomic E-state index is 4.18. The van der Waals surface area contributed by atoms with E-state index in [1.54, 1.807) is 0 Å². The molecule has 1 nitrogen and oxygen atoms in total. The highest BCUT2D eigenvalue weighted by atomic mass is 15.2. The van der Waals surface area contributed by atoms with Gasteiger partial charge in [0.2, 0.25) is 0 Å². The van der Waals surface area contributed by atoms with Crippen molar-refractivity contribution in [3.05, 3.63) is 54.6 Å². The second kappa shape index (κ2) is 5.55. The molecule has 0 aliphatic rings. The molecule has 0 saturated carbocycles. The predicted molar refractivity (Wildman–Crippen MR) is 72.1 cm³/mol. The predicted octanol–water partition coefficient (Wildman–Crippen LogP) is 3.94. The van der Waals surface area contributed by atoms with E-state index in [0.29, 0.717) is 6.04 Å². The van der Waals surface area contributed by atoms with Gasteiger partial charge in [0.25, 0.3) is 0 Å². The third kappa shape index (κ3) is 3.27. The van der Waals surface area contributed by atoms with Gasteiger partial charge in [-0.15, -0.1) is 0 Å². The van der Waals surface area contributed by atoms with Crippen molar-refractivity contribution < 1.29 is 0 Å². The minimum Gasteiger partial charge on any atom is -0.365 e. The van der Waals surface area contributed by atoms with Gasteiger partial charge in [0.1, 0.15) is 0 Å². The molecule has 1 aromatic carbocycles. The van der Waals surface area contributed by atoms with Gasteiger partial charge >= 0.3 is 0 Å². The van der Waals surface area contributed by atoms with Crippen LogP contribution in [0.2, 0.25) is 0 Å². The molecule has 1 rings (SSSR count). The Balaban J connectivity index is 2.88. The van der Waals surface area contributed by atoms with E-state index < -0.39 is 0 Å². The highest BCUT2D eigenvalue weighted by Crippen LogP contribution is 2.20. The molecule has 0 radical (unpaired) electrons. The number of benzene rings is 1. The van der Waals surface area contributed by atoms with Crippen molar-refractivity contribution in [2.45, 2.75) is 26.8 Å². The van der Waals surface area contributed by atoms with Crippen LogP contribution in [0.3, 0.4) is 0 Å². The van der Waals surface area contributed by atoms with Crippen molar-refractivity contribution in [1.82, 2.24) is 4.90 Å². The lowest BCUT2D eigenvalue weighted by atomic mass is 10.1. The molecular formula is C15H21N. The molecule has 0 saturated heterocycles. The molecule has 0 unspecified atom stereocenters. The molecule has 0 bridgehead atoms. The molecule has 0 N–H and O–H groups in total. The van der Waals surface area contributed by atoms with Crippen molar-refractivity contribution in [3.8, 4) is 0 Å². The summed E-state index contributed by atoms with van der Waals surface area (Å²) in [4.78, 5) is 2.28. The summed E-state index contributed by atoms with van der Waals surface area (Å²) in [5, 5.41) is 0. The first-order chi connectivity index (χ1) is 7.52. The van der Waals surface area contributed by atoms with Gasteiger partial charge in [0, 0.05) is 18.3 Å². The second-order valence-corrected chi connectivity index (χ2v) is 4.49. The molecule has 0 atom stereocenters. The SMILES string of the molecule is C=C(C)CN(C(=C)c1ccccc1)C(C)C. The fourth-order valence-corrected chi connectivity index (χ4v) is 1.68. The van der Waals surface area contributed by atoms with Crippen LogP contribution in [0.25, 0.3) is 5.70 Å². The lowest BCUT2D eigenvalue weighted by molar-refractivity contribution is 0.356. The van der Waals surface area contributed by atoms with Crippen LogP contribution >= 0.6 is 0 Å². The minimum absolute atomic E-state index is 0.435. The average Bonchev–Trinajstić information content (AvgIpc) is 2.25. The molecule has 0 aliphatic carbocycles. The van der Waals surface area contributed by atoms with Crippen molar-refractivity contribution >= 4 is 5.70 Å². The molecule has 1 heteroatoms. The normalized spacial score (nSPS) is 10.2. The smallest absolute Gasteiger partial charge is 0.0386 e.